The fourth-order valence-corrected chi connectivity index (χ4v) is 2.47. The van der Waals surface area contributed by atoms with Crippen LogP contribution in [0.5, 0.6) is 0 Å². The SMILES string of the molecule is O=CC=Cc1ccc2c(=O)n(Cc3ccccc3)ccc2c1. The summed E-state index contributed by atoms with van der Waals surface area (Å²) in [6.45, 7) is 0.558. The van der Waals surface area contributed by atoms with E-state index in [2.05, 4.69) is 0 Å². The van der Waals surface area contributed by atoms with E-state index < -0.39 is 0 Å². The van der Waals surface area contributed by atoms with E-state index in [4.69, 9.17) is 0 Å². The lowest BCUT2D eigenvalue weighted by Gasteiger charge is -2.08. The van der Waals surface area contributed by atoms with Gasteiger partial charge in [-0.25, -0.2) is 0 Å². The molecule has 3 nitrogen and oxygen atoms in total. The molecule has 3 rings (SSSR count). The number of pyridine rings is 1. The summed E-state index contributed by atoms with van der Waals surface area (Å²) in [7, 11) is 0. The topological polar surface area (TPSA) is 39.1 Å². The lowest BCUT2D eigenvalue weighted by Crippen LogP contribution is -2.19. The summed E-state index contributed by atoms with van der Waals surface area (Å²) in [5.41, 5.74) is 1.99. The number of carbonyl (C=O) groups excluding carboxylic acids is 1. The number of hydrogen-bond acceptors (Lipinski definition) is 2. The van der Waals surface area contributed by atoms with Gasteiger partial charge in [0.1, 0.15) is 6.29 Å². The van der Waals surface area contributed by atoms with Crippen LogP contribution in [0.3, 0.4) is 0 Å². The summed E-state index contributed by atoms with van der Waals surface area (Å²) >= 11 is 0. The predicted octanol–water partition coefficient (Wildman–Crippen LogP) is 3.26. The number of allylic oxidation sites excluding steroid dienone is 1. The molecule has 3 aromatic rings. The second-order valence-electron chi connectivity index (χ2n) is 5.08. The number of carbonyl (C=O) groups is 1. The Bertz CT molecular complexity index is 892. The predicted molar refractivity (Wildman–Crippen MR) is 88.9 cm³/mol. The zero-order chi connectivity index (χ0) is 15.4. The van der Waals surface area contributed by atoms with Crippen LogP contribution in [0.15, 0.2) is 71.7 Å². The molecule has 22 heavy (non-hydrogen) atoms. The highest BCUT2D eigenvalue weighted by molar-refractivity contribution is 5.85. The molecule has 3 heteroatoms. The van der Waals surface area contributed by atoms with Gasteiger partial charge in [0.15, 0.2) is 0 Å². The van der Waals surface area contributed by atoms with Gasteiger partial charge in [-0.2, -0.15) is 0 Å². The maximum Gasteiger partial charge on any atom is 0.258 e. The van der Waals surface area contributed by atoms with Gasteiger partial charge in [0.25, 0.3) is 5.56 Å². The number of rotatable bonds is 4. The van der Waals surface area contributed by atoms with Crippen molar-refractivity contribution in [1.82, 2.24) is 4.57 Å². The van der Waals surface area contributed by atoms with Crippen molar-refractivity contribution in [2.24, 2.45) is 0 Å². The lowest BCUT2D eigenvalue weighted by atomic mass is 10.1. The highest BCUT2D eigenvalue weighted by Crippen LogP contribution is 2.14. The van der Waals surface area contributed by atoms with Gasteiger partial charge in [0.2, 0.25) is 0 Å². The van der Waals surface area contributed by atoms with Gasteiger partial charge in [-0.15, -0.1) is 0 Å². The average molecular weight is 289 g/mol. The molecular formula is C19H15NO2. The molecule has 2 aromatic carbocycles. The van der Waals surface area contributed by atoms with Gasteiger partial charge in [0.05, 0.1) is 6.54 Å². The first-order valence-corrected chi connectivity index (χ1v) is 7.07. The van der Waals surface area contributed by atoms with Crippen LogP contribution < -0.4 is 5.56 Å². The number of benzene rings is 2. The van der Waals surface area contributed by atoms with Crippen LogP contribution in [-0.4, -0.2) is 10.9 Å². The molecule has 0 aliphatic heterocycles. The van der Waals surface area contributed by atoms with Crippen molar-refractivity contribution in [2.75, 3.05) is 0 Å². The molecule has 0 radical (unpaired) electrons. The first-order valence-electron chi connectivity index (χ1n) is 7.07. The Kier molecular flexibility index (Phi) is 3.97. The van der Waals surface area contributed by atoms with Gasteiger partial charge >= 0.3 is 0 Å². The summed E-state index contributed by atoms with van der Waals surface area (Å²) < 4.78 is 1.71. The number of nitrogens with zero attached hydrogens (tertiary/aromatic N) is 1. The minimum Gasteiger partial charge on any atom is -0.311 e. The maximum absolute atomic E-state index is 12.5. The Balaban J connectivity index is 2.01. The van der Waals surface area contributed by atoms with Crippen molar-refractivity contribution in [2.45, 2.75) is 6.54 Å². The van der Waals surface area contributed by atoms with Gasteiger partial charge in [-0.1, -0.05) is 42.5 Å². The number of hydrogen-bond donors (Lipinski definition) is 0. The summed E-state index contributed by atoms with van der Waals surface area (Å²) in [6, 6.07) is 17.4. The quantitative estimate of drug-likeness (QED) is 0.546. The Morgan fingerprint density at radius 1 is 1.00 bits per heavy atom. The second-order valence-corrected chi connectivity index (χ2v) is 5.08. The minimum absolute atomic E-state index is 0.00716. The molecule has 1 aromatic heterocycles. The molecule has 1 heterocycles. The molecule has 0 amide bonds. The van der Waals surface area contributed by atoms with Crippen molar-refractivity contribution >= 4 is 23.1 Å². The minimum atomic E-state index is -0.00716. The van der Waals surface area contributed by atoms with E-state index in [0.29, 0.717) is 11.9 Å². The summed E-state index contributed by atoms with van der Waals surface area (Å²) in [5.74, 6) is 0. The largest absolute Gasteiger partial charge is 0.311 e. The molecule has 0 N–H and O–H groups in total. The molecule has 0 unspecified atom stereocenters. The van der Waals surface area contributed by atoms with E-state index in [1.165, 1.54) is 6.08 Å². The third-order valence-corrected chi connectivity index (χ3v) is 3.56. The monoisotopic (exact) mass is 289 g/mol. The third kappa shape index (κ3) is 2.88. The standard InChI is InChI=1S/C19H15NO2/c21-12-4-7-15-8-9-18-17(13-15)10-11-20(19(18)22)14-16-5-2-1-3-6-16/h1-13H,14H2. The van der Waals surface area contributed by atoms with Crippen LogP contribution in [-0.2, 0) is 11.3 Å². The Hall–Kier alpha value is -2.94. The van der Waals surface area contributed by atoms with E-state index in [1.807, 2.05) is 60.8 Å². The van der Waals surface area contributed by atoms with Crippen LogP contribution in [0.2, 0.25) is 0 Å². The van der Waals surface area contributed by atoms with E-state index in [-0.39, 0.29) is 5.56 Å². The van der Waals surface area contributed by atoms with Gasteiger partial charge in [-0.3, -0.25) is 9.59 Å². The molecule has 0 saturated heterocycles. The van der Waals surface area contributed by atoms with E-state index in [1.54, 1.807) is 10.6 Å². The molecule has 0 fully saturated rings. The van der Waals surface area contributed by atoms with Crippen molar-refractivity contribution in [3.05, 3.63) is 88.4 Å². The number of fused-ring (bicyclic) bond motifs is 1. The normalized spacial score (nSPS) is 11.1. The molecule has 0 bridgehead atoms. The van der Waals surface area contributed by atoms with Crippen molar-refractivity contribution in [3.63, 3.8) is 0 Å². The van der Waals surface area contributed by atoms with Gasteiger partial charge < -0.3 is 4.57 Å². The van der Waals surface area contributed by atoms with E-state index in [9.17, 15) is 9.59 Å². The molecule has 0 aliphatic carbocycles. The smallest absolute Gasteiger partial charge is 0.258 e. The van der Waals surface area contributed by atoms with Crippen LogP contribution in [0, 0.1) is 0 Å². The van der Waals surface area contributed by atoms with Crippen LogP contribution in [0.1, 0.15) is 11.1 Å². The fraction of sp³-hybridized carbons (Fsp3) is 0.0526. The van der Waals surface area contributed by atoms with Crippen molar-refractivity contribution in [3.8, 4) is 0 Å². The van der Waals surface area contributed by atoms with E-state index in [0.717, 1.165) is 22.8 Å². The molecule has 0 spiro atoms. The second kappa shape index (κ2) is 6.22. The highest BCUT2D eigenvalue weighted by Gasteiger charge is 2.03. The third-order valence-electron chi connectivity index (χ3n) is 3.56. The Morgan fingerprint density at radius 2 is 1.82 bits per heavy atom. The maximum atomic E-state index is 12.5. The van der Waals surface area contributed by atoms with Crippen molar-refractivity contribution in [1.29, 1.82) is 0 Å². The van der Waals surface area contributed by atoms with Gasteiger partial charge in [-0.05, 0) is 40.8 Å². The average Bonchev–Trinajstić information content (AvgIpc) is 2.56. The molecule has 0 atom stereocenters. The first-order chi connectivity index (χ1) is 10.8. The van der Waals surface area contributed by atoms with E-state index >= 15 is 0 Å². The zero-order valence-corrected chi connectivity index (χ0v) is 12.0. The summed E-state index contributed by atoms with van der Waals surface area (Å²) in [4.78, 5) is 22.9. The first kappa shape index (κ1) is 14.0. The fourth-order valence-electron chi connectivity index (χ4n) is 2.47. The molecule has 108 valence electrons. The van der Waals surface area contributed by atoms with Crippen LogP contribution in [0.4, 0.5) is 0 Å². The highest BCUT2D eigenvalue weighted by atomic mass is 16.1. The van der Waals surface area contributed by atoms with Crippen LogP contribution >= 0.6 is 0 Å². The summed E-state index contributed by atoms with van der Waals surface area (Å²) in [5, 5.41) is 1.56. The van der Waals surface area contributed by atoms with Gasteiger partial charge in [0, 0.05) is 11.6 Å². The summed E-state index contributed by atoms with van der Waals surface area (Å²) in [6.07, 6.45) is 5.71. The Morgan fingerprint density at radius 3 is 2.59 bits per heavy atom. The zero-order valence-electron chi connectivity index (χ0n) is 12.0. The van der Waals surface area contributed by atoms with Crippen molar-refractivity contribution < 1.29 is 4.79 Å². The molecule has 0 saturated carbocycles. The number of aldehydes is 1. The van der Waals surface area contributed by atoms with Crippen LogP contribution in [0.25, 0.3) is 16.8 Å². The molecular weight excluding hydrogens is 274 g/mol. The lowest BCUT2D eigenvalue weighted by molar-refractivity contribution is -0.104. The Labute approximate surface area is 128 Å². The molecule has 0 aliphatic rings. The number of aromatic nitrogens is 1.